The summed E-state index contributed by atoms with van der Waals surface area (Å²) in [4.78, 5) is 51.9. The molecular weight excluding hydrogens is 744 g/mol. The van der Waals surface area contributed by atoms with Crippen molar-refractivity contribution < 1.29 is 46.6 Å². The lowest BCUT2D eigenvalue weighted by molar-refractivity contribution is -0.145. The van der Waals surface area contributed by atoms with Gasteiger partial charge in [0.05, 0.1) is 7.11 Å². The van der Waals surface area contributed by atoms with Gasteiger partial charge in [0, 0.05) is 51.9 Å². The van der Waals surface area contributed by atoms with Gasteiger partial charge in [-0.1, -0.05) is 86.3 Å². The monoisotopic (exact) mass is 802 g/mol. The molecule has 2 saturated carbocycles. The molecule has 2 aliphatic heterocycles. The number of amides is 4. The molecule has 0 bridgehead atoms. The first-order valence-electron chi connectivity index (χ1n) is 20.4. The number of methoxy groups -OCH3 is 1. The highest BCUT2D eigenvalue weighted by molar-refractivity contribution is 5.84. The second-order valence-corrected chi connectivity index (χ2v) is 16.7. The number of hydrogen-bond acceptors (Lipinski definition) is 5. The summed E-state index contributed by atoms with van der Waals surface area (Å²) >= 11 is 0. The molecule has 57 heavy (non-hydrogen) atoms. The molecule has 2 saturated heterocycles. The van der Waals surface area contributed by atoms with E-state index in [1.54, 1.807) is 70.5 Å². The summed E-state index contributed by atoms with van der Waals surface area (Å²) in [6, 6.07) is 12.6. The molecule has 3 N–H and O–H groups in total. The van der Waals surface area contributed by atoms with Gasteiger partial charge in [-0.15, -0.1) is 0 Å². The van der Waals surface area contributed by atoms with Crippen molar-refractivity contribution in [3.8, 4) is 0 Å². The number of nitrogens with one attached hydrogen (secondary N) is 2. The number of aliphatic carboxylic acids is 1. The average Bonchev–Trinajstić information content (AvgIpc) is 3.84. The largest absolute Gasteiger partial charge is 0.480 e. The number of rotatable bonds is 12. The highest BCUT2D eigenvalue weighted by Crippen LogP contribution is 2.47. The highest BCUT2D eigenvalue weighted by Gasteiger charge is 2.42. The fraction of sp³-hybridized carbons (Fsp3) is 0.628. The number of halogens is 4. The average molecular weight is 803 g/mol. The second-order valence-electron chi connectivity index (χ2n) is 16.7. The third-order valence-corrected chi connectivity index (χ3v) is 12.5. The van der Waals surface area contributed by atoms with Crippen molar-refractivity contribution in [1.29, 1.82) is 0 Å². The highest BCUT2D eigenvalue weighted by atomic mass is 19.3. The van der Waals surface area contributed by atoms with Crippen LogP contribution < -0.4 is 10.6 Å². The standard InChI is InChI=1S/C22H30F2N2O3.C21H28F2N2O3/c1-29-19(27)18(16-22(23,24)15-17-7-3-2-4-8-17)25-20(28)26-13-11-21(12-14-26)9-5-6-10-21;22-21(23,14-16-6-2-1-3-7-16)15-17(18(26)27)24-19(28)25-12-10-20(11-13-25)8-4-5-9-20/h2-4,7-8,18H,5-6,9-16H2,1H3,(H,25,28);1-3,6-7,17H,4-5,8-15H2,(H,24,28)(H,26,27)/t18-;17-/m00/s1. The van der Waals surface area contributed by atoms with Crippen LogP contribution in [0.2, 0.25) is 0 Å². The molecule has 2 aliphatic carbocycles. The molecule has 2 heterocycles. The van der Waals surface area contributed by atoms with Gasteiger partial charge in [-0.05, 0) is 73.3 Å². The molecule has 4 amide bonds. The number of urea groups is 2. The molecular formula is C43H58F4N4O6. The summed E-state index contributed by atoms with van der Waals surface area (Å²) in [5, 5.41) is 14.2. The molecule has 0 radical (unpaired) electrons. The molecule has 4 aliphatic rings. The number of carbonyl (C=O) groups excluding carboxylic acids is 3. The molecule has 10 nitrogen and oxygen atoms in total. The number of piperidine rings is 2. The van der Waals surface area contributed by atoms with Crippen molar-refractivity contribution in [2.45, 2.75) is 127 Å². The van der Waals surface area contributed by atoms with E-state index in [-0.39, 0.29) is 0 Å². The number of nitrogens with zero attached hydrogens (tertiary/aromatic N) is 2. The maximum Gasteiger partial charge on any atom is 0.328 e. The van der Waals surface area contributed by atoms with Crippen molar-refractivity contribution in [3.05, 3.63) is 71.8 Å². The minimum Gasteiger partial charge on any atom is -0.480 e. The number of ether oxygens (including phenoxy) is 1. The smallest absolute Gasteiger partial charge is 0.328 e. The molecule has 2 atom stereocenters. The third kappa shape index (κ3) is 12.8. The SMILES string of the molecule is COC(=O)[C@H](CC(F)(F)Cc1ccccc1)NC(=O)N1CCC2(CCCC2)CC1.O=C(O)[C@H](CC(F)(F)Cc1ccccc1)NC(=O)N1CCC2(CCCC2)CC1. The number of alkyl halides is 4. The molecule has 0 aromatic heterocycles. The number of hydrogen-bond donors (Lipinski definition) is 3. The molecule has 14 heteroatoms. The number of carboxylic acid groups (broad SMARTS) is 1. The van der Waals surface area contributed by atoms with Crippen molar-refractivity contribution >= 4 is 24.0 Å². The van der Waals surface area contributed by atoms with Crippen LogP contribution in [0.25, 0.3) is 0 Å². The second kappa shape index (κ2) is 19.4. The van der Waals surface area contributed by atoms with Crippen molar-refractivity contribution in [2.75, 3.05) is 33.3 Å². The van der Waals surface area contributed by atoms with Crippen molar-refractivity contribution in [1.82, 2.24) is 20.4 Å². The first-order chi connectivity index (χ1) is 27.1. The Morgan fingerprint density at radius 3 is 1.33 bits per heavy atom. The lowest BCUT2D eigenvalue weighted by Gasteiger charge is -2.39. The van der Waals surface area contributed by atoms with Gasteiger partial charge in [0.1, 0.15) is 12.1 Å². The van der Waals surface area contributed by atoms with Gasteiger partial charge in [-0.2, -0.15) is 0 Å². The van der Waals surface area contributed by atoms with Crippen molar-refractivity contribution in [2.24, 2.45) is 10.8 Å². The van der Waals surface area contributed by atoms with Gasteiger partial charge >= 0.3 is 24.0 Å². The van der Waals surface area contributed by atoms with E-state index >= 15 is 0 Å². The quantitative estimate of drug-likeness (QED) is 0.147. The fourth-order valence-corrected chi connectivity index (χ4v) is 9.17. The van der Waals surface area contributed by atoms with Gasteiger partial charge < -0.3 is 30.3 Å². The van der Waals surface area contributed by atoms with Gasteiger partial charge in [0.2, 0.25) is 0 Å². The Kier molecular flexibility index (Phi) is 14.9. The zero-order chi connectivity index (χ0) is 41.1. The van der Waals surface area contributed by atoms with Crippen molar-refractivity contribution in [3.63, 3.8) is 0 Å². The summed E-state index contributed by atoms with van der Waals surface area (Å²) in [7, 11) is 1.14. The van der Waals surface area contributed by atoms with E-state index in [9.17, 15) is 41.8 Å². The molecule has 4 fully saturated rings. The Labute approximate surface area is 333 Å². The Hall–Kier alpha value is -4.36. The van der Waals surface area contributed by atoms with E-state index in [2.05, 4.69) is 15.4 Å². The Morgan fingerprint density at radius 2 is 0.982 bits per heavy atom. The summed E-state index contributed by atoms with van der Waals surface area (Å²) in [5.41, 5.74) is 1.58. The molecule has 2 aromatic carbocycles. The van der Waals surface area contributed by atoms with E-state index in [1.807, 2.05) is 0 Å². The van der Waals surface area contributed by atoms with Crippen LogP contribution in [-0.2, 0) is 27.2 Å². The molecule has 314 valence electrons. The fourth-order valence-electron chi connectivity index (χ4n) is 9.17. The molecule has 2 aromatic rings. The minimum atomic E-state index is -3.23. The third-order valence-electron chi connectivity index (χ3n) is 12.5. The molecule has 2 spiro atoms. The van der Waals surface area contributed by atoms with E-state index in [0.29, 0.717) is 48.1 Å². The number of carboxylic acids is 1. The maximum atomic E-state index is 14.6. The summed E-state index contributed by atoms with van der Waals surface area (Å²) in [6.07, 6.45) is 10.6. The lowest BCUT2D eigenvalue weighted by atomic mass is 9.77. The first-order valence-corrected chi connectivity index (χ1v) is 20.4. The lowest BCUT2D eigenvalue weighted by Crippen LogP contribution is -2.53. The van der Waals surface area contributed by atoms with E-state index in [0.717, 1.165) is 32.8 Å². The summed E-state index contributed by atoms with van der Waals surface area (Å²) < 4.78 is 62.6. The number of carbonyl (C=O) groups is 4. The summed E-state index contributed by atoms with van der Waals surface area (Å²) in [5.74, 6) is -8.67. The number of likely N-dealkylation sites (tertiary alicyclic amines) is 2. The van der Waals surface area contributed by atoms with Crippen LogP contribution in [0.4, 0.5) is 27.2 Å². The van der Waals surface area contributed by atoms with Gasteiger partial charge in [0.15, 0.2) is 0 Å². The number of benzene rings is 2. The van der Waals surface area contributed by atoms with Crippen LogP contribution in [0.15, 0.2) is 60.7 Å². The van der Waals surface area contributed by atoms with Crippen LogP contribution in [0.5, 0.6) is 0 Å². The molecule has 0 unspecified atom stereocenters. The predicted molar refractivity (Wildman–Crippen MR) is 207 cm³/mol. The van der Waals surface area contributed by atoms with Crippen LogP contribution in [0.3, 0.4) is 0 Å². The van der Waals surface area contributed by atoms with E-state index < -0.39 is 73.6 Å². The zero-order valence-electron chi connectivity index (χ0n) is 33.0. The summed E-state index contributed by atoms with van der Waals surface area (Å²) in [6.45, 7) is 2.30. The van der Waals surface area contributed by atoms with E-state index in [4.69, 9.17) is 0 Å². The van der Waals surface area contributed by atoms with Gasteiger partial charge in [-0.25, -0.2) is 36.7 Å². The molecule has 6 rings (SSSR count). The maximum absolute atomic E-state index is 14.6. The Morgan fingerprint density at radius 1 is 0.632 bits per heavy atom. The first kappa shape index (κ1) is 43.8. The van der Waals surface area contributed by atoms with Crippen LogP contribution in [0.1, 0.15) is 101 Å². The Bertz CT molecular complexity index is 1620. The topological polar surface area (TPSA) is 128 Å². The van der Waals surface area contributed by atoms with Crippen LogP contribution in [-0.4, -0.2) is 96.1 Å². The van der Waals surface area contributed by atoms with E-state index in [1.165, 1.54) is 51.4 Å². The minimum absolute atomic E-state index is 0.325. The Balaban J connectivity index is 0.000000218. The van der Waals surface area contributed by atoms with Gasteiger partial charge in [-0.3, -0.25) is 0 Å². The number of esters is 1. The van der Waals surface area contributed by atoms with Crippen LogP contribution >= 0.6 is 0 Å². The van der Waals surface area contributed by atoms with Gasteiger partial charge in [0.25, 0.3) is 11.8 Å². The normalized spacial score (nSPS) is 19.9. The predicted octanol–water partition coefficient (Wildman–Crippen LogP) is 8.24. The van der Waals surface area contributed by atoms with Crippen LogP contribution in [0, 0.1) is 10.8 Å². The zero-order valence-corrected chi connectivity index (χ0v) is 33.0.